The van der Waals surface area contributed by atoms with Crippen LogP contribution in [0.4, 0.5) is 0 Å². The Morgan fingerprint density at radius 2 is 2.17 bits per heavy atom. The summed E-state index contributed by atoms with van der Waals surface area (Å²) in [6, 6.07) is 4.60. The molecule has 0 bridgehead atoms. The molecule has 0 saturated carbocycles. The number of rotatable bonds is 7. The molecule has 1 fully saturated rings. The Labute approximate surface area is 115 Å². The van der Waals surface area contributed by atoms with Gasteiger partial charge in [-0.1, -0.05) is 20.3 Å². The summed E-state index contributed by atoms with van der Waals surface area (Å²) >= 11 is 1.97. The lowest BCUT2D eigenvalue weighted by molar-refractivity contribution is 0.318. The number of likely N-dealkylation sites (tertiary alicyclic amines) is 1. The molecule has 0 radical (unpaired) electrons. The van der Waals surface area contributed by atoms with Crippen LogP contribution in [0.2, 0.25) is 0 Å². The van der Waals surface area contributed by atoms with Crippen molar-refractivity contribution in [1.82, 2.24) is 10.2 Å². The molecule has 1 saturated heterocycles. The van der Waals surface area contributed by atoms with Crippen molar-refractivity contribution in [3.8, 4) is 0 Å². The Kier molecular flexibility index (Phi) is 5.67. The minimum absolute atomic E-state index is 0.940. The van der Waals surface area contributed by atoms with Gasteiger partial charge in [-0.3, -0.25) is 4.90 Å². The predicted octanol–water partition coefficient (Wildman–Crippen LogP) is 3.48. The summed E-state index contributed by atoms with van der Waals surface area (Å²) in [7, 11) is 0. The van der Waals surface area contributed by atoms with E-state index in [0.717, 1.165) is 25.6 Å². The van der Waals surface area contributed by atoms with Crippen LogP contribution in [-0.4, -0.2) is 24.5 Å². The van der Waals surface area contributed by atoms with Crippen LogP contribution in [0.15, 0.2) is 12.1 Å². The summed E-state index contributed by atoms with van der Waals surface area (Å²) in [5.41, 5.74) is 0. The molecule has 0 amide bonds. The third kappa shape index (κ3) is 4.08. The maximum Gasteiger partial charge on any atom is 0.0328 e. The molecule has 1 aromatic rings. The van der Waals surface area contributed by atoms with Crippen LogP contribution in [0, 0.1) is 5.92 Å². The van der Waals surface area contributed by atoms with Crippen molar-refractivity contribution in [2.75, 3.05) is 19.6 Å². The molecule has 2 nitrogen and oxygen atoms in total. The maximum absolute atomic E-state index is 3.47. The van der Waals surface area contributed by atoms with Gasteiger partial charge in [0.2, 0.25) is 0 Å². The molecule has 3 heteroatoms. The normalized spacial score (nSPS) is 20.7. The number of hydrogen-bond acceptors (Lipinski definition) is 3. The molecule has 1 aromatic heterocycles. The third-order valence-electron chi connectivity index (χ3n) is 3.77. The number of hydrogen-bond donors (Lipinski definition) is 1. The fraction of sp³-hybridized carbons (Fsp3) is 0.733. The second-order valence-electron chi connectivity index (χ2n) is 5.34. The van der Waals surface area contributed by atoms with Crippen LogP contribution >= 0.6 is 11.3 Å². The number of nitrogens with zero attached hydrogens (tertiary/aromatic N) is 1. The summed E-state index contributed by atoms with van der Waals surface area (Å²) in [6.45, 7) is 10.4. The molecule has 0 spiro atoms. The van der Waals surface area contributed by atoms with Crippen LogP contribution in [0.1, 0.15) is 42.9 Å². The summed E-state index contributed by atoms with van der Waals surface area (Å²) in [5.74, 6) is 0.940. The van der Waals surface area contributed by atoms with Crippen LogP contribution in [-0.2, 0) is 13.1 Å². The predicted molar refractivity (Wildman–Crippen MR) is 80.0 cm³/mol. The second kappa shape index (κ2) is 7.27. The monoisotopic (exact) mass is 266 g/mol. The van der Waals surface area contributed by atoms with Crippen LogP contribution < -0.4 is 5.32 Å². The van der Waals surface area contributed by atoms with Crippen LogP contribution in [0.3, 0.4) is 0 Å². The second-order valence-corrected chi connectivity index (χ2v) is 6.60. The first-order valence-electron chi connectivity index (χ1n) is 7.32. The first-order valence-corrected chi connectivity index (χ1v) is 8.14. The van der Waals surface area contributed by atoms with Crippen molar-refractivity contribution in [2.45, 2.75) is 46.2 Å². The quantitative estimate of drug-likeness (QED) is 0.760. The number of thiophene rings is 1. The van der Waals surface area contributed by atoms with E-state index in [1.165, 1.54) is 42.1 Å². The van der Waals surface area contributed by atoms with Crippen molar-refractivity contribution < 1.29 is 0 Å². The Balaban J connectivity index is 1.76. The third-order valence-corrected chi connectivity index (χ3v) is 4.84. The molecule has 1 atom stereocenters. The molecule has 2 heterocycles. The SMILES string of the molecule is CCCNCc1ccc(CN2CCC(CC)C2)s1. The lowest BCUT2D eigenvalue weighted by atomic mass is 10.1. The minimum atomic E-state index is 0.940. The fourth-order valence-electron chi connectivity index (χ4n) is 2.60. The average Bonchev–Trinajstić information content (AvgIpc) is 3.00. The lowest BCUT2D eigenvalue weighted by Crippen LogP contribution is -2.19. The van der Waals surface area contributed by atoms with Crippen molar-refractivity contribution >= 4 is 11.3 Å². The summed E-state index contributed by atoms with van der Waals surface area (Å²) in [4.78, 5) is 5.62. The van der Waals surface area contributed by atoms with E-state index in [-0.39, 0.29) is 0 Å². The first kappa shape index (κ1) is 14.0. The van der Waals surface area contributed by atoms with E-state index in [4.69, 9.17) is 0 Å². The molecule has 2 rings (SSSR count). The molecule has 102 valence electrons. The maximum atomic E-state index is 3.47. The molecule has 1 aliphatic heterocycles. The van der Waals surface area contributed by atoms with Crippen molar-refractivity contribution in [1.29, 1.82) is 0 Å². The topological polar surface area (TPSA) is 15.3 Å². The summed E-state index contributed by atoms with van der Waals surface area (Å²) < 4.78 is 0. The number of nitrogens with one attached hydrogen (secondary N) is 1. The van der Waals surface area contributed by atoms with Gasteiger partial charge in [0.1, 0.15) is 0 Å². The van der Waals surface area contributed by atoms with E-state index in [1.807, 2.05) is 11.3 Å². The first-order chi connectivity index (χ1) is 8.81. The van der Waals surface area contributed by atoms with E-state index in [1.54, 1.807) is 0 Å². The van der Waals surface area contributed by atoms with Gasteiger partial charge < -0.3 is 5.32 Å². The van der Waals surface area contributed by atoms with Gasteiger partial charge in [0.15, 0.2) is 0 Å². The summed E-state index contributed by atoms with van der Waals surface area (Å²) in [6.07, 6.45) is 3.95. The molecular weight excluding hydrogens is 240 g/mol. The average molecular weight is 266 g/mol. The van der Waals surface area contributed by atoms with Gasteiger partial charge >= 0.3 is 0 Å². The van der Waals surface area contributed by atoms with Crippen molar-refractivity contribution in [3.63, 3.8) is 0 Å². The van der Waals surface area contributed by atoms with E-state index < -0.39 is 0 Å². The zero-order chi connectivity index (χ0) is 12.8. The van der Waals surface area contributed by atoms with Gasteiger partial charge in [0.05, 0.1) is 0 Å². The van der Waals surface area contributed by atoms with Gasteiger partial charge in [0, 0.05) is 29.4 Å². The van der Waals surface area contributed by atoms with Crippen molar-refractivity contribution in [3.05, 3.63) is 21.9 Å². The van der Waals surface area contributed by atoms with E-state index in [9.17, 15) is 0 Å². The molecule has 1 N–H and O–H groups in total. The fourth-order valence-corrected chi connectivity index (χ4v) is 3.63. The van der Waals surface area contributed by atoms with E-state index in [0.29, 0.717) is 0 Å². The zero-order valence-electron chi connectivity index (χ0n) is 11.7. The molecule has 0 aromatic carbocycles. The Morgan fingerprint density at radius 3 is 2.89 bits per heavy atom. The van der Waals surface area contributed by atoms with Gasteiger partial charge in [-0.15, -0.1) is 11.3 Å². The zero-order valence-corrected chi connectivity index (χ0v) is 12.6. The highest BCUT2D eigenvalue weighted by atomic mass is 32.1. The molecule has 1 unspecified atom stereocenters. The minimum Gasteiger partial charge on any atom is -0.312 e. The standard InChI is InChI=1S/C15H26N2S/c1-3-8-16-10-14-5-6-15(18-14)12-17-9-7-13(4-2)11-17/h5-6,13,16H,3-4,7-12H2,1-2H3. The van der Waals surface area contributed by atoms with E-state index >= 15 is 0 Å². The summed E-state index contributed by atoms with van der Waals surface area (Å²) in [5, 5.41) is 3.47. The largest absolute Gasteiger partial charge is 0.312 e. The van der Waals surface area contributed by atoms with Gasteiger partial charge in [-0.05, 0) is 44.0 Å². The molecule has 0 aliphatic carbocycles. The Bertz CT molecular complexity index is 348. The van der Waals surface area contributed by atoms with Crippen molar-refractivity contribution in [2.24, 2.45) is 5.92 Å². The molecular formula is C15H26N2S. The van der Waals surface area contributed by atoms with Crippen LogP contribution in [0.25, 0.3) is 0 Å². The molecule has 18 heavy (non-hydrogen) atoms. The lowest BCUT2D eigenvalue weighted by Gasteiger charge is -2.14. The van der Waals surface area contributed by atoms with Gasteiger partial charge in [-0.25, -0.2) is 0 Å². The highest BCUT2D eigenvalue weighted by Crippen LogP contribution is 2.24. The highest BCUT2D eigenvalue weighted by Gasteiger charge is 2.21. The van der Waals surface area contributed by atoms with Crippen LogP contribution in [0.5, 0.6) is 0 Å². The Hall–Kier alpha value is -0.380. The highest BCUT2D eigenvalue weighted by molar-refractivity contribution is 7.11. The Morgan fingerprint density at radius 1 is 1.33 bits per heavy atom. The van der Waals surface area contributed by atoms with Gasteiger partial charge in [0.25, 0.3) is 0 Å². The smallest absolute Gasteiger partial charge is 0.0328 e. The van der Waals surface area contributed by atoms with E-state index in [2.05, 4.69) is 36.2 Å². The molecule has 1 aliphatic rings. The van der Waals surface area contributed by atoms with Gasteiger partial charge in [-0.2, -0.15) is 0 Å².